The number of methoxy groups -OCH3 is 1. The number of ether oxygens (including phenoxy) is 1. The lowest BCUT2D eigenvalue weighted by Gasteiger charge is -2.11. The lowest BCUT2D eigenvalue weighted by Crippen LogP contribution is -2.13. The number of fused-ring (bicyclic) bond motifs is 1. The van der Waals surface area contributed by atoms with Crippen LogP contribution in [0.15, 0.2) is 47.6 Å². The maximum absolute atomic E-state index is 13.1. The number of anilines is 1. The van der Waals surface area contributed by atoms with Crippen LogP contribution < -0.4 is 10.2 Å². The molecule has 0 fully saturated rings. The zero-order chi connectivity index (χ0) is 19.6. The molecule has 0 spiro atoms. The standard InChI is InChI=1S/C18H15F3N4O2/c1-10(12-8-7-11(27-2)9-15(12)26)24-25-16-13-5-3-4-6-14(13)22-17(23-16)18(19,20)21/h3-9,26H,1-2H3,(H,22,23,25)/b24-10+. The number of aromatic nitrogens is 2. The van der Waals surface area contributed by atoms with Gasteiger partial charge in [0.15, 0.2) is 5.82 Å². The highest BCUT2D eigenvalue weighted by molar-refractivity contribution is 6.02. The number of hydrogen-bond donors (Lipinski definition) is 2. The monoisotopic (exact) mass is 376 g/mol. The van der Waals surface area contributed by atoms with Gasteiger partial charge in [-0.3, -0.25) is 5.43 Å². The predicted molar refractivity (Wildman–Crippen MR) is 95.0 cm³/mol. The van der Waals surface area contributed by atoms with Crippen LogP contribution in [-0.2, 0) is 6.18 Å². The Bertz CT molecular complexity index is 1020. The van der Waals surface area contributed by atoms with E-state index in [2.05, 4.69) is 20.5 Å². The van der Waals surface area contributed by atoms with Crippen molar-refractivity contribution in [2.24, 2.45) is 5.10 Å². The molecule has 0 radical (unpaired) electrons. The van der Waals surface area contributed by atoms with E-state index in [0.29, 0.717) is 22.4 Å². The second kappa shape index (κ2) is 7.10. The van der Waals surface area contributed by atoms with Gasteiger partial charge in [-0.05, 0) is 31.2 Å². The van der Waals surface area contributed by atoms with Gasteiger partial charge in [-0.15, -0.1) is 0 Å². The van der Waals surface area contributed by atoms with Crippen molar-refractivity contribution in [3.8, 4) is 11.5 Å². The molecule has 3 rings (SSSR count). The molecule has 0 aliphatic carbocycles. The Hall–Kier alpha value is -3.36. The minimum Gasteiger partial charge on any atom is -0.507 e. The van der Waals surface area contributed by atoms with E-state index in [1.54, 1.807) is 37.3 Å². The molecular weight excluding hydrogens is 361 g/mol. The first-order valence-corrected chi connectivity index (χ1v) is 7.81. The van der Waals surface area contributed by atoms with E-state index in [1.165, 1.54) is 19.2 Å². The number of phenols is 1. The lowest BCUT2D eigenvalue weighted by molar-refractivity contribution is -0.144. The summed E-state index contributed by atoms with van der Waals surface area (Å²) in [6, 6.07) is 10.9. The lowest BCUT2D eigenvalue weighted by atomic mass is 10.1. The Labute approximate surface area is 152 Å². The number of nitrogens with one attached hydrogen (secondary N) is 1. The fraction of sp³-hybridized carbons (Fsp3) is 0.167. The van der Waals surface area contributed by atoms with E-state index in [0.717, 1.165) is 0 Å². The van der Waals surface area contributed by atoms with Crippen molar-refractivity contribution in [1.82, 2.24) is 9.97 Å². The number of benzene rings is 2. The number of aromatic hydroxyl groups is 1. The van der Waals surface area contributed by atoms with Crippen LogP contribution in [0.4, 0.5) is 19.0 Å². The zero-order valence-electron chi connectivity index (χ0n) is 14.4. The summed E-state index contributed by atoms with van der Waals surface area (Å²) >= 11 is 0. The number of hydrazone groups is 1. The van der Waals surface area contributed by atoms with E-state index in [9.17, 15) is 18.3 Å². The largest absolute Gasteiger partial charge is 0.507 e. The average Bonchev–Trinajstić information content (AvgIpc) is 2.64. The van der Waals surface area contributed by atoms with Crippen LogP contribution in [0.3, 0.4) is 0 Å². The molecule has 1 heterocycles. The molecule has 0 atom stereocenters. The van der Waals surface area contributed by atoms with Crippen LogP contribution >= 0.6 is 0 Å². The molecule has 0 saturated carbocycles. The molecule has 0 unspecified atom stereocenters. The maximum atomic E-state index is 13.1. The number of para-hydroxylation sites is 1. The van der Waals surface area contributed by atoms with Gasteiger partial charge in [0.2, 0.25) is 5.82 Å². The topological polar surface area (TPSA) is 79.6 Å². The van der Waals surface area contributed by atoms with Gasteiger partial charge in [-0.1, -0.05) is 12.1 Å². The molecule has 0 aliphatic rings. The quantitative estimate of drug-likeness (QED) is 0.527. The number of alkyl halides is 3. The Balaban J connectivity index is 1.99. The van der Waals surface area contributed by atoms with Crippen LogP contribution in [0.2, 0.25) is 0 Å². The van der Waals surface area contributed by atoms with Gasteiger partial charge < -0.3 is 9.84 Å². The molecule has 0 bridgehead atoms. The smallest absolute Gasteiger partial charge is 0.451 e. The molecule has 1 aromatic heterocycles. The second-order valence-corrected chi connectivity index (χ2v) is 5.60. The minimum atomic E-state index is -4.69. The number of nitrogens with zero attached hydrogens (tertiary/aromatic N) is 3. The molecule has 2 N–H and O–H groups in total. The predicted octanol–water partition coefficient (Wildman–Crippen LogP) is 4.20. The van der Waals surface area contributed by atoms with Crippen molar-refractivity contribution in [3.63, 3.8) is 0 Å². The highest BCUT2D eigenvalue weighted by Crippen LogP contribution is 2.30. The normalized spacial score (nSPS) is 12.3. The van der Waals surface area contributed by atoms with E-state index in [-0.39, 0.29) is 17.1 Å². The van der Waals surface area contributed by atoms with Gasteiger partial charge in [0.1, 0.15) is 11.5 Å². The summed E-state index contributed by atoms with van der Waals surface area (Å²) in [4.78, 5) is 7.10. The highest BCUT2D eigenvalue weighted by atomic mass is 19.4. The van der Waals surface area contributed by atoms with E-state index < -0.39 is 12.0 Å². The third-order valence-corrected chi connectivity index (χ3v) is 3.78. The van der Waals surface area contributed by atoms with E-state index >= 15 is 0 Å². The first-order valence-electron chi connectivity index (χ1n) is 7.81. The molecule has 0 aliphatic heterocycles. The molecule has 2 aromatic carbocycles. The summed E-state index contributed by atoms with van der Waals surface area (Å²) in [6.07, 6.45) is -4.69. The number of phenolic OH excluding ortho intramolecular Hbond substituents is 1. The van der Waals surface area contributed by atoms with Crippen LogP contribution in [-0.4, -0.2) is 27.9 Å². The fourth-order valence-corrected chi connectivity index (χ4v) is 2.43. The van der Waals surface area contributed by atoms with E-state index in [4.69, 9.17) is 4.74 Å². The Morgan fingerprint density at radius 2 is 1.89 bits per heavy atom. The van der Waals surface area contributed by atoms with Crippen LogP contribution in [0.1, 0.15) is 18.3 Å². The van der Waals surface area contributed by atoms with Crippen LogP contribution in [0.25, 0.3) is 10.9 Å². The van der Waals surface area contributed by atoms with Crippen LogP contribution in [0.5, 0.6) is 11.5 Å². The molecule has 27 heavy (non-hydrogen) atoms. The molecule has 9 heteroatoms. The number of rotatable bonds is 4. The number of halogens is 3. The highest BCUT2D eigenvalue weighted by Gasteiger charge is 2.35. The molecular formula is C18H15F3N4O2. The molecule has 0 saturated heterocycles. The van der Waals surface area contributed by atoms with Crippen molar-refractivity contribution < 1.29 is 23.0 Å². The van der Waals surface area contributed by atoms with Gasteiger partial charge in [0, 0.05) is 17.0 Å². The summed E-state index contributed by atoms with van der Waals surface area (Å²) in [6.45, 7) is 1.60. The molecule has 3 aromatic rings. The summed E-state index contributed by atoms with van der Waals surface area (Å²) < 4.78 is 44.2. The van der Waals surface area contributed by atoms with Gasteiger partial charge >= 0.3 is 6.18 Å². The van der Waals surface area contributed by atoms with Gasteiger partial charge in [-0.25, -0.2) is 9.97 Å². The Morgan fingerprint density at radius 1 is 1.15 bits per heavy atom. The van der Waals surface area contributed by atoms with Crippen molar-refractivity contribution >= 4 is 22.4 Å². The minimum absolute atomic E-state index is 0.0686. The van der Waals surface area contributed by atoms with Crippen molar-refractivity contribution in [1.29, 1.82) is 0 Å². The van der Waals surface area contributed by atoms with Crippen molar-refractivity contribution in [2.45, 2.75) is 13.1 Å². The van der Waals surface area contributed by atoms with Gasteiger partial charge in [0.25, 0.3) is 0 Å². The third kappa shape index (κ3) is 3.91. The van der Waals surface area contributed by atoms with Gasteiger partial charge in [0.05, 0.1) is 18.3 Å². The third-order valence-electron chi connectivity index (χ3n) is 3.78. The summed E-state index contributed by atoms with van der Waals surface area (Å²) in [7, 11) is 1.47. The molecule has 6 nitrogen and oxygen atoms in total. The maximum Gasteiger partial charge on any atom is 0.451 e. The van der Waals surface area contributed by atoms with Crippen LogP contribution in [0, 0.1) is 0 Å². The Kier molecular flexibility index (Phi) is 4.85. The first-order chi connectivity index (χ1) is 12.8. The number of hydrogen-bond acceptors (Lipinski definition) is 6. The average molecular weight is 376 g/mol. The summed E-state index contributed by atoms with van der Waals surface area (Å²) in [5.41, 5.74) is 3.44. The van der Waals surface area contributed by atoms with Crippen molar-refractivity contribution in [2.75, 3.05) is 12.5 Å². The summed E-state index contributed by atoms with van der Waals surface area (Å²) in [5, 5.41) is 14.5. The summed E-state index contributed by atoms with van der Waals surface area (Å²) in [5.74, 6) is -0.946. The Morgan fingerprint density at radius 3 is 2.56 bits per heavy atom. The second-order valence-electron chi connectivity index (χ2n) is 5.60. The van der Waals surface area contributed by atoms with Crippen molar-refractivity contribution in [3.05, 3.63) is 53.9 Å². The molecule has 0 amide bonds. The first kappa shape index (κ1) is 18.4. The fourth-order valence-electron chi connectivity index (χ4n) is 2.43. The zero-order valence-corrected chi connectivity index (χ0v) is 14.4. The molecule has 140 valence electrons. The van der Waals surface area contributed by atoms with E-state index in [1.807, 2.05) is 0 Å². The van der Waals surface area contributed by atoms with Gasteiger partial charge in [-0.2, -0.15) is 18.3 Å². The SMILES string of the molecule is COc1ccc(/C(C)=N/Nc2nc(C(F)(F)F)nc3ccccc23)c(O)c1.